The molecule has 0 rings (SSSR count). The Morgan fingerprint density at radius 3 is 0.929 bits per heavy atom. The summed E-state index contributed by atoms with van der Waals surface area (Å²) in [6.07, 6.45) is 39.0. The summed E-state index contributed by atoms with van der Waals surface area (Å²) < 4.78 is 45.6. The van der Waals surface area contributed by atoms with E-state index in [1.54, 1.807) is 0 Å². The molecule has 56 heavy (non-hydrogen) atoms. The molecule has 0 spiro atoms. The smallest absolute Gasteiger partial charge is 0.268 e. The zero-order valence-corrected chi connectivity index (χ0v) is 39.9. The number of unbranched alkanes of at least 4 members (excludes halogenated alkanes) is 28. The van der Waals surface area contributed by atoms with Crippen LogP contribution < -0.4 is 9.79 Å². The molecule has 0 amide bonds. The minimum absolute atomic E-state index is 0.157. The first-order valence-corrected chi connectivity index (χ1v) is 26.3. The Labute approximate surface area is 348 Å². The van der Waals surface area contributed by atoms with Gasteiger partial charge in [-0.3, -0.25) is 9.13 Å². The molecule has 0 saturated carbocycles. The molecule has 0 saturated heterocycles. The highest BCUT2D eigenvalue weighted by Gasteiger charge is 2.18. The maximum atomic E-state index is 12.2. The Morgan fingerprint density at radius 1 is 0.393 bits per heavy atom. The van der Waals surface area contributed by atoms with Gasteiger partial charge in [0.1, 0.15) is 26.3 Å². The van der Waals surface area contributed by atoms with Crippen molar-refractivity contribution in [3.05, 3.63) is 0 Å². The lowest BCUT2D eigenvalue weighted by molar-refractivity contribution is -0.870. The Bertz CT molecular complexity index is 960. The van der Waals surface area contributed by atoms with Crippen molar-refractivity contribution in [2.75, 3.05) is 75.2 Å². The van der Waals surface area contributed by atoms with Crippen molar-refractivity contribution in [1.82, 2.24) is 0 Å². The Hall–Kier alpha value is 0.140. The fraction of sp³-hybridized carbons (Fsp3) is 1.00. The van der Waals surface area contributed by atoms with E-state index in [1.165, 1.54) is 154 Å². The summed E-state index contributed by atoms with van der Waals surface area (Å²) in [6.45, 7) is 3.77. The standard InChI is InChI=1S/C44H94N2O8P2/c1-8-44(54-56(49,50)53-43-40-46(5,6)7)38-36-34-32-30-28-26-24-22-20-18-16-14-12-10-9-11-13-15-17-19-21-23-25-27-29-31-33-35-37-41-51-55(47,48)52-42-39-45(2,3)4/h44H,8-43H2,1-7H3. The number of nitrogens with zero attached hydrogens (tertiary/aromatic N) is 2. The van der Waals surface area contributed by atoms with Gasteiger partial charge < -0.3 is 36.8 Å². The van der Waals surface area contributed by atoms with Crippen LogP contribution in [0.15, 0.2) is 0 Å². The molecule has 338 valence electrons. The number of hydrogen-bond acceptors (Lipinski definition) is 8. The van der Waals surface area contributed by atoms with Crippen molar-refractivity contribution in [2.45, 2.75) is 212 Å². The van der Waals surface area contributed by atoms with E-state index >= 15 is 0 Å². The summed E-state index contributed by atoms with van der Waals surface area (Å²) in [5.41, 5.74) is 0. The minimum Gasteiger partial charge on any atom is -0.756 e. The van der Waals surface area contributed by atoms with Crippen molar-refractivity contribution in [1.29, 1.82) is 0 Å². The van der Waals surface area contributed by atoms with Crippen LogP contribution in [-0.4, -0.2) is 90.3 Å². The molecule has 12 heteroatoms. The number of rotatable bonds is 44. The molecule has 0 bridgehead atoms. The van der Waals surface area contributed by atoms with E-state index in [9.17, 15) is 18.9 Å². The molecular formula is C44H94N2O8P2. The van der Waals surface area contributed by atoms with Crippen LogP contribution in [-0.2, 0) is 27.2 Å². The van der Waals surface area contributed by atoms with E-state index in [1.807, 2.05) is 49.2 Å². The lowest BCUT2D eigenvalue weighted by Crippen LogP contribution is -2.37. The number of hydrogen-bond donors (Lipinski definition) is 0. The second kappa shape index (κ2) is 35.9. The number of phosphoric acid groups is 2. The predicted molar refractivity (Wildman–Crippen MR) is 233 cm³/mol. The van der Waals surface area contributed by atoms with Crippen molar-refractivity contribution >= 4 is 15.6 Å². The minimum atomic E-state index is -4.23. The van der Waals surface area contributed by atoms with Crippen LogP contribution in [0.5, 0.6) is 0 Å². The van der Waals surface area contributed by atoms with Crippen LogP contribution in [0, 0.1) is 0 Å². The Morgan fingerprint density at radius 2 is 0.643 bits per heavy atom. The molecule has 3 unspecified atom stereocenters. The van der Waals surface area contributed by atoms with Gasteiger partial charge in [0, 0.05) is 0 Å². The van der Waals surface area contributed by atoms with E-state index in [0.717, 1.165) is 38.5 Å². The average molecular weight is 841 g/mol. The van der Waals surface area contributed by atoms with E-state index in [-0.39, 0.29) is 25.9 Å². The molecule has 0 heterocycles. The van der Waals surface area contributed by atoms with Gasteiger partial charge in [-0.25, -0.2) is 0 Å². The van der Waals surface area contributed by atoms with Crippen molar-refractivity contribution in [3.8, 4) is 0 Å². The van der Waals surface area contributed by atoms with Crippen LogP contribution >= 0.6 is 15.6 Å². The van der Waals surface area contributed by atoms with Gasteiger partial charge in [-0.15, -0.1) is 0 Å². The fourth-order valence-corrected chi connectivity index (χ4v) is 8.58. The summed E-state index contributed by atoms with van der Waals surface area (Å²) in [5.74, 6) is 0. The van der Waals surface area contributed by atoms with E-state index in [2.05, 4.69) is 0 Å². The molecule has 10 nitrogen and oxygen atoms in total. The normalized spacial score (nSPS) is 15.2. The van der Waals surface area contributed by atoms with Crippen LogP contribution in [0.1, 0.15) is 206 Å². The van der Waals surface area contributed by atoms with Crippen LogP contribution in [0.2, 0.25) is 0 Å². The molecule has 0 aliphatic heterocycles. The fourth-order valence-electron chi connectivity index (χ4n) is 6.86. The lowest BCUT2D eigenvalue weighted by Gasteiger charge is -2.29. The monoisotopic (exact) mass is 841 g/mol. The lowest BCUT2D eigenvalue weighted by atomic mass is 10.0. The highest BCUT2D eigenvalue weighted by Crippen LogP contribution is 2.41. The molecule has 0 radical (unpaired) electrons. The molecule has 0 aromatic carbocycles. The largest absolute Gasteiger partial charge is 0.756 e. The third-order valence-corrected chi connectivity index (χ3v) is 12.7. The van der Waals surface area contributed by atoms with Gasteiger partial charge in [-0.2, -0.15) is 0 Å². The molecule has 0 N–H and O–H groups in total. The third-order valence-electron chi connectivity index (χ3n) is 10.7. The molecule has 0 aromatic heterocycles. The zero-order chi connectivity index (χ0) is 41.9. The number of phosphoric ester groups is 2. The summed E-state index contributed by atoms with van der Waals surface area (Å²) in [5, 5.41) is 0. The van der Waals surface area contributed by atoms with Gasteiger partial charge >= 0.3 is 0 Å². The SMILES string of the molecule is CCC(CCCCCCCCCCCCCCCCCCCCCCCCCCCCCCCOP(=O)([O-])OCC[N+](C)(C)C)OP(=O)([O-])OCC[N+](C)(C)C. The summed E-state index contributed by atoms with van der Waals surface area (Å²) in [4.78, 5) is 23.9. The van der Waals surface area contributed by atoms with E-state index in [0.29, 0.717) is 28.5 Å². The van der Waals surface area contributed by atoms with Gasteiger partial charge in [0.15, 0.2) is 0 Å². The van der Waals surface area contributed by atoms with Crippen molar-refractivity contribution in [3.63, 3.8) is 0 Å². The van der Waals surface area contributed by atoms with Gasteiger partial charge in [0.25, 0.3) is 15.6 Å². The Kier molecular flexibility index (Phi) is 35.9. The van der Waals surface area contributed by atoms with Gasteiger partial charge in [-0.1, -0.05) is 187 Å². The molecule has 0 aliphatic carbocycles. The second-order valence-electron chi connectivity index (χ2n) is 18.6. The Balaban J connectivity index is 3.33. The van der Waals surface area contributed by atoms with Crippen LogP contribution in [0.3, 0.4) is 0 Å². The predicted octanol–water partition coefficient (Wildman–Crippen LogP) is 11.9. The second-order valence-corrected chi connectivity index (χ2v) is 21.4. The molecule has 0 aromatic rings. The summed E-state index contributed by atoms with van der Waals surface area (Å²) in [7, 11) is 3.63. The number of quaternary nitrogens is 2. The average Bonchev–Trinajstić information content (AvgIpc) is 3.10. The highest BCUT2D eigenvalue weighted by atomic mass is 31.2. The molecule has 3 atom stereocenters. The first-order chi connectivity index (χ1) is 26.6. The third kappa shape index (κ3) is 43.7. The first-order valence-electron chi connectivity index (χ1n) is 23.4. The van der Waals surface area contributed by atoms with Crippen LogP contribution in [0.4, 0.5) is 0 Å². The van der Waals surface area contributed by atoms with Gasteiger partial charge in [0.05, 0.1) is 55.0 Å². The van der Waals surface area contributed by atoms with Gasteiger partial charge in [-0.05, 0) is 19.3 Å². The first kappa shape index (κ1) is 56.1. The van der Waals surface area contributed by atoms with Crippen molar-refractivity contribution < 1.29 is 46.0 Å². The van der Waals surface area contributed by atoms with Gasteiger partial charge in [0.2, 0.25) is 0 Å². The molecular weight excluding hydrogens is 746 g/mol. The zero-order valence-electron chi connectivity index (χ0n) is 38.1. The molecule has 0 aliphatic rings. The summed E-state index contributed by atoms with van der Waals surface area (Å²) in [6, 6.07) is 0. The molecule has 0 fully saturated rings. The maximum absolute atomic E-state index is 12.2. The maximum Gasteiger partial charge on any atom is 0.268 e. The quantitative estimate of drug-likeness (QED) is 0.0338. The van der Waals surface area contributed by atoms with E-state index in [4.69, 9.17) is 18.1 Å². The van der Waals surface area contributed by atoms with Crippen molar-refractivity contribution in [2.24, 2.45) is 0 Å². The van der Waals surface area contributed by atoms with Crippen LogP contribution in [0.25, 0.3) is 0 Å². The summed E-state index contributed by atoms with van der Waals surface area (Å²) >= 11 is 0. The topological polar surface area (TPSA) is 117 Å². The van der Waals surface area contributed by atoms with E-state index < -0.39 is 15.6 Å². The number of likely N-dealkylation sites (N-methyl/N-ethyl adjacent to an activating group) is 2. The highest BCUT2D eigenvalue weighted by molar-refractivity contribution is 7.46.